The summed E-state index contributed by atoms with van der Waals surface area (Å²) in [7, 11) is 0. The number of rotatable bonds is 4. The van der Waals surface area contributed by atoms with E-state index in [0.717, 1.165) is 31.2 Å². The zero-order valence-electron chi connectivity index (χ0n) is 16.8. The topological polar surface area (TPSA) is 64.9 Å². The van der Waals surface area contributed by atoms with Crippen molar-refractivity contribution in [3.8, 4) is 6.07 Å². The van der Waals surface area contributed by atoms with Crippen LogP contribution in [0.2, 0.25) is 5.02 Å². The van der Waals surface area contributed by atoms with Gasteiger partial charge in [0.05, 0.1) is 16.1 Å². The molecule has 0 fully saturated rings. The summed E-state index contributed by atoms with van der Waals surface area (Å²) in [5.41, 5.74) is 2.41. The van der Waals surface area contributed by atoms with Crippen molar-refractivity contribution < 1.29 is 4.79 Å². The van der Waals surface area contributed by atoms with E-state index in [1.165, 1.54) is 4.88 Å². The first-order valence-electron chi connectivity index (χ1n) is 9.68. The van der Waals surface area contributed by atoms with E-state index < -0.39 is 0 Å². The predicted octanol–water partition coefficient (Wildman–Crippen LogP) is 5.94. The Morgan fingerprint density at radius 1 is 1.41 bits per heavy atom. The van der Waals surface area contributed by atoms with E-state index >= 15 is 0 Å². The van der Waals surface area contributed by atoms with Gasteiger partial charge in [-0.1, -0.05) is 50.9 Å². The number of nitriles is 1. The van der Waals surface area contributed by atoms with E-state index in [1.54, 1.807) is 35.6 Å². The number of benzene rings is 1. The highest BCUT2D eigenvalue weighted by molar-refractivity contribution is 7.80. The number of carbonyl (C=O) groups excluding carboxylic acids is 1. The number of nitrogens with one attached hydrogen (secondary N) is 2. The highest BCUT2D eigenvalue weighted by Crippen LogP contribution is 2.45. The van der Waals surface area contributed by atoms with Crippen molar-refractivity contribution in [3.63, 3.8) is 0 Å². The zero-order valence-corrected chi connectivity index (χ0v) is 19.2. The second-order valence-electron chi connectivity index (χ2n) is 7.99. The normalized spacial score (nSPS) is 15.9. The summed E-state index contributed by atoms with van der Waals surface area (Å²) in [6.07, 6.45) is 4.11. The van der Waals surface area contributed by atoms with Gasteiger partial charge in [0.25, 0.3) is 5.91 Å². The first kappa shape index (κ1) is 21.8. The summed E-state index contributed by atoms with van der Waals surface area (Å²) in [5.74, 6) is 0.225. The Morgan fingerprint density at radius 2 is 2.14 bits per heavy atom. The van der Waals surface area contributed by atoms with E-state index in [9.17, 15) is 10.1 Å². The molecule has 1 atom stereocenters. The third-order valence-corrected chi connectivity index (χ3v) is 7.67. The molecule has 0 aliphatic heterocycles. The average molecular weight is 446 g/mol. The second-order valence-corrected chi connectivity index (χ2v) is 9.91. The van der Waals surface area contributed by atoms with Gasteiger partial charge in [-0.2, -0.15) is 5.26 Å². The fraction of sp³-hybridized carbons (Fsp3) is 0.409. The molecule has 4 nitrogen and oxygen atoms in total. The number of nitrogens with zero attached hydrogens (tertiary/aromatic N) is 1. The van der Waals surface area contributed by atoms with Crippen LogP contribution in [-0.2, 0) is 12.8 Å². The highest BCUT2D eigenvalue weighted by Gasteiger charge is 2.34. The van der Waals surface area contributed by atoms with Gasteiger partial charge in [-0.15, -0.1) is 11.3 Å². The third kappa shape index (κ3) is 4.63. The van der Waals surface area contributed by atoms with Crippen molar-refractivity contribution >= 4 is 51.2 Å². The summed E-state index contributed by atoms with van der Waals surface area (Å²) < 4.78 is 0. The van der Waals surface area contributed by atoms with Gasteiger partial charge in [0.1, 0.15) is 11.1 Å². The smallest absolute Gasteiger partial charge is 0.258 e. The van der Waals surface area contributed by atoms with Crippen LogP contribution < -0.4 is 10.6 Å². The number of thiocarbonyl (C=S) groups is 1. The fourth-order valence-corrected chi connectivity index (χ4v) is 5.46. The molecule has 1 amide bonds. The van der Waals surface area contributed by atoms with Gasteiger partial charge >= 0.3 is 0 Å². The van der Waals surface area contributed by atoms with E-state index in [2.05, 4.69) is 37.5 Å². The molecule has 152 valence electrons. The van der Waals surface area contributed by atoms with Crippen molar-refractivity contribution in [1.29, 1.82) is 5.26 Å². The number of amides is 1. The average Bonchev–Trinajstić information content (AvgIpc) is 3.03. The van der Waals surface area contributed by atoms with Gasteiger partial charge < -0.3 is 5.32 Å². The first-order valence-corrected chi connectivity index (χ1v) is 11.3. The summed E-state index contributed by atoms with van der Waals surface area (Å²) >= 11 is 13.0. The lowest BCUT2D eigenvalue weighted by Crippen LogP contribution is -2.34. The number of fused-ring (bicyclic) bond motifs is 1. The minimum Gasteiger partial charge on any atom is -0.323 e. The van der Waals surface area contributed by atoms with Crippen LogP contribution >= 0.6 is 35.2 Å². The van der Waals surface area contributed by atoms with Crippen LogP contribution in [0.5, 0.6) is 0 Å². The molecular weight excluding hydrogens is 422 g/mol. The lowest BCUT2D eigenvalue weighted by Gasteiger charge is -2.36. The molecule has 1 aromatic heterocycles. The van der Waals surface area contributed by atoms with Gasteiger partial charge in [-0.25, -0.2) is 0 Å². The minimum atomic E-state index is -0.377. The van der Waals surface area contributed by atoms with E-state index in [1.807, 2.05) is 0 Å². The van der Waals surface area contributed by atoms with E-state index in [0.29, 0.717) is 27.1 Å². The maximum Gasteiger partial charge on any atom is 0.258 e. The highest BCUT2D eigenvalue weighted by atomic mass is 35.5. The van der Waals surface area contributed by atoms with Crippen LogP contribution in [0.4, 0.5) is 5.00 Å². The predicted molar refractivity (Wildman–Crippen MR) is 124 cm³/mol. The van der Waals surface area contributed by atoms with Crippen LogP contribution in [0.25, 0.3) is 0 Å². The monoisotopic (exact) mass is 445 g/mol. The molecule has 2 aromatic rings. The minimum absolute atomic E-state index is 0.162. The number of anilines is 1. The van der Waals surface area contributed by atoms with Gasteiger partial charge in [0.15, 0.2) is 5.11 Å². The largest absolute Gasteiger partial charge is 0.323 e. The molecule has 1 aliphatic rings. The van der Waals surface area contributed by atoms with Gasteiger partial charge in [-0.05, 0) is 60.5 Å². The lowest BCUT2D eigenvalue weighted by molar-refractivity contribution is 0.0978. The maximum atomic E-state index is 12.4. The third-order valence-electron chi connectivity index (χ3n) is 5.97. The van der Waals surface area contributed by atoms with Crippen molar-refractivity contribution in [1.82, 2.24) is 5.32 Å². The van der Waals surface area contributed by atoms with Crippen molar-refractivity contribution in [2.24, 2.45) is 11.3 Å². The summed E-state index contributed by atoms with van der Waals surface area (Å²) in [6.45, 7) is 6.87. The van der Waals surface area contributed by atoms with Gasteiger partial charge in [0.2, 0.25) is 0 Å². The molecule has 1 aromatic carbocycles. The van der Waals surface area contributed by atoms with E-state index in [-0.39, 0.29) is 16.4 Å². The quantitative estimate of drug-likeness (QED) is 0.571. The SMILES string of the molecule is CCC(C)(C)[C@@H]1CCc2c(sc(NC(=S)NC(=O)c3ccccc3Cl)c2C#N)C1. The van der Waals surface area contributed by atoms with E-state index in [4.69, 9.17) is 23.8 Å². The first-order chi connectivity index (χ1) is 13.8. The number of thiophene rings is 1. The Kier molecular flexibility index (Phi) is 6.62. The molecule has 1 aliphatic carbocycles. The molecule has 0 unspecified atom stereocenters. The van der Waals surface area contributed by atoms with Crippen LogP contribution in [0.3, 0.4) is 0 Å². The number of halogens is 1. The van der Waals surface area contributed by atoms with Crippen molar-refractivity contribution in [2.75, 3.05) is 5.32 Å². The Labute approximate surface area is 186 Å². The lowest BCUT2D eigenvalue weighted by atomic mass is 9.69. The Morgan fingerprint density at radius 3 is 2.79 bits per heavy atom. The summed E-state index contributed by atoms with van der Waals surface area (Å²) in [6, 6.07) is 9.12. The molecule has 0 saturated heterocycles. The molecule has 1 heterocycles. The Hall–Kier alpha value is -1.94. The molecule has 29 heavy (non-hydrogen) atoms. The fourth-order valence-electron chi connectivity index (χ4n) is 3.70. The number of hydrogen-bond acceptors (Lipinski definition) is 4. The standard InChI is InChI=1S/C22H24ClN3OS2/c1-4-22(2,3)13-9-10-14-16(12-24)20(29-18(14)11-13)26-21(28)25-19(27)15-7-5-6-8-17(15)23/h5-8,13H,4,9-11H2,1-3H3,(H2,25,26,27,28)/t13-/m1/s1. The van der Waals surface area contributed by atoms with Crippen LogP contribution in [0.1, 0.15) is 60.0 Å². The van der Waals surface area contributed by atoms with Crippen LogP contribution in [-0.4, -0.2) is 11.0 Å². The molecule has 0 radical (unpaired) electrons. The molecule has 0 saturated carbocycles. The molecule has 7 heteroatoms. The summed E-state index contributed by atoms with van der Waals surface area (Å²) in [4.78, 5) is 13.7. The molecular formula is C22H24ClN3OS2. The van der Waals surface area contributed by atoms with Crippen LogP contribution in [0, 0.1) is 22.7 Å². The van der Waals surface area contributed by atoms with Crippen LogP contribution in [0.15, 0.2) is 24.3 Å². The Balaban J connectivity index is 1.75. The number of carbonyl (C=O) groups is 1. The van der Waals surface area contributed by atoms with Crippen molar-refractivity contribution in [2.45, 2.75) is 46.5 Å². The molecule has 3 rings (SSSR count). The molecule has 0 bridgehead atoms. The maximum absolute atomic E-state index is 12.4. The number of hydrogen-bond donors (Lipinski definition) is 2. The summed E-state index contributed by atoms with van der Waals surface area (Å²) in [5, 5.41) is 16.7. The van der Waals surface area contributed by atoms with Gasteiger partial charge in [0, 0.05) is 4.88 Å². The molecule has 2 N–H and O–H groups in total. The van der Waals surface area contributed by atoms with Gasteiger partial charge in [-0.3, -0.25) is 10.1 Å². The Bertz CT molecular complexity index is 990. The zero-order chi connectivity index (χ0) is 21.2. The molecule has 0 spiro atoms. The second kappa shape index (κ2) is 8.83. The van der Waals surface area contributed by atoms with Crippen molar-refractivity contribution in [3.05, 3.63) is 50.9 Å².